The molecule has 0 spiro atoms. The lowest BCUT2D eigenvalue weighted by Gasteiger charge is -2.08. The third kappa shape index (κ3) is 4.17. The molecule has 0 amide bonds. The monoisotopic (exact) mass is 453 g/mol. The number of nitrogens with zero attached hydrogens (tertiary/aromatic N) is 3. The maximum atomic E-state index is 12.5. The molecule has 4 rings (SSSR count). The molecule has 9 nitrogen and oxygen atoms in total. The van der Waals surface area contributed by atoms with E-state index in [4.69, 9.17) is 13.7 Å². The van der Waals surface area contributed by atoms with Crippen LogP contribution >= 0.6 is 0 Å². The molecule has 10 heteroatoms. The lowest BCUT2D eigenvalue weighted by molar-refractivity contribution is 0.0434. The van der Waals surface area contributed by atoms with Gasteiger partial charge in [-0.15, -0.1) is 10.2 Å². The summed E-state index contributed by atoms with van der Waals surface area (Å²) in [5, 5.41) is 12.0. The van der Waals surface area contributed by atoms with Crippen LogP contribution in [0.15, 0.2) is 68.4 Å². The number of aryl methyl sites for hydroxylation is 1. The van der Waals surface area contributed by atoms with Gasteiger partial charge in [0.05, 0.1) is 16.2 Å². The van der Waals surface area contributed by atoms with Gasteiger partial charge in [0, 0.05) is 5.56 Å². The first-order valence-corrected chi connectivity index (χ1v) is 11.4. The number of carbonyl (C=O) groups is 1. The highest BCUT2D eigenvalue weighted by Gasteiger charge is 2.24. The van der Waals surface area contributed by atoms with Gasteiger partial charge in [0.2, 0.25) is 0 Å². The largest absolute Gasteiger partial charge is 0.452 e. The lowest BCUT2D eigenvalue weighted by Crippen LogP contribution is -2.13. The predicted octanol–water partition coefficient (Wildman–Crippen LogP) is 3.85. The molecule has 0 saturated carbocycles. The Morgan fingerprint density at radius 2 is 1.75 bits per heavy atom. The van der Waals surface area contributed by atoms with Gasteiger partial charge >= 0.3 is 5.97 Å². The molecule has 0 aliphatic carbocycles. The van der Waals surface area contributed by atoms with Crippen LogP contribution in [0.5, 0.6) is 0 Å². The van der Waals surface area contributed by atoms with Gasteiger partial charge in [0.1, 0.15) is 17.0 Å². The van der Waals surface area contributed by atoms with Crippen LogP contribution in [0.3, 0.4) is 0 Å². The van der Waals surface area contributed by atoms with Crippen molar-refractivity contribution in [1.82, 2.24) is 15.4 Å². The Morgan fingerprint density at radius 3 is 2.50 bits per heavy atom. The highest BCUT2D eigenvalue weighted by Crippen LogP contribution is 2.33. The first-order valence-electron chi connectivity index (χ1n) is 9.74. The van der Waals surface area contributed by atoms with Gasteiger partial charge in [0.25, 0.3) is 11.8 Å². The Labute approximate surface area is 183 Å². The van der Waals surface area contributed by atoms with E-state index in [0.717, 1.165) is 5.56 Å². The molecule has 0 N–H and O–H groups in total. The van der Waals surface area contributed by atoms with Gasteiger partial charge in [-0.25, -0.2) is 13.2 Å². The van der Waals surface area contributed by atoms with Crippen molar-refractivity contribution in [2.24, 2.45) is 0 Å². The number of ether oxygens (including phenoxy) is 1. The zero-order valence-electron chi connectivity index (χ0n) is 17.3. The van der Waals surface area contributed by atoms with Gasteiger partial charge in [-0.2, -0.15) is 0 Å². The van der Waals surface area contributed by atoms with Crippen molar-refractivity contribution in [2.75, 3.05) is 5.75 Å². The number of aromatic nitrogens is 3. The first-order chi connectivity index (χ1) is 15.4. The van der Waals surface area contributed by atoms with E-state index < -0.39 is 15.8 Å². The fraction of sp³-hybridized carbons (Fsp3) is 0.182. The van der Waals surface area contributed by atoms with Crippen molar-refractivity contribution in [2.45, 2.75) is 25.3 Å². The van der Waals surface area contributed by atoms with Crippen molar-refractivity contribution in [1.29, 1.82) is 0 Å². The maximum Gasteiger partial charge on any atom is 0.339 e. The van der Waals surface area contributed by atoms with E-state index >= 15 is 0 Å². The van der Waals surface area contributed by atoms with Gasteiger partial charge in [-0.1, -0.05) is 54.5 Å². The molecule has 2 heterocycles. The van der Waals surface area contributed by atoms with Crippen molar-refractivity contribution in [3.63, 3.8) is 0 Å². The van der Waals surface area contributed by atoms with Crippen molar-refractivity contribution < 1.29 is 26.9 Å². The molecule has 0 radical (unpaired) electrons. The molecule has 0 aliphatic rings. The minimum atomic E-state index is -3.59. The molecule has 0 unspecified atom stereocenters. The number of sulfone groups is 1. The molecule has 0 fully saturated rings. The first kappa shape index (κ1) is 21.4. The molecular weight excluding hydrogens is 434 g/mol. The van der Waals surface area contributed by atoms with E-state index in [1.54, 1.807) is 19.1 Å². The van der Waals surface area contributed by atoms with Crippen molar-refractivity contribution in [3.8, 4) is 22.7 Å². The van der Waals surface area contributed by atoms with E-state index in [1.165, 1.54) is 19.1 Å². The molecule has 2 aromatic heterocycles. The van der Waals surface area contributed by atoms with Gasteiger partial charge in [-0.3, -0.25) is 0 Å². The fourth-order valence-corrected chi connectivity index (χ4v) is 4.18. The summed E-state index contributed by atoms with van der Waals surface area (Å²) in [5.41, 5.74) is 1.87. The number of carbonyl (C=O) groups excluding carboxylic acids is 1. The Kier molecular flexibility index (Phi) is 5.87. The highest BCUT2D eigenvalue weighted by molar-refractivity contribution is 7.91. The van der Waals surface area contributed by atoms with Crippen molar-refractivity contribution >= 4 is 15.8 Å². The van der Waals surface area contributed by atoms with E-state index in [2.05, 4.69) is 15.4 Å². The second-order valence-corrected chi connectivity index (χ2v) is 9.05. The summed E-state index contributed by atoms with van der Waals surface area (Å²) < 4.78 is 40.7. The second-order valence-electron chi connectivity index (χ2n) is 6.81. The van der Waals surface area contributed by atoms with Crippen LogP contribution in [0, 0.1) is 6.92 Å². The fourth-order valence-electron chi connectivity index (χ4n) is 3.10. The van der Waals surface area contributed by atoms with Gasteiger partial charge in [-0.05, 0) is 19.1 Å². The summed E-state index contributed by atoms with van der Waals surface area (Å²) >= 11 is 0. The van der Waals surface area contributed by atoms with E-state index in [9.17, 15) is 13.2 Å². The number of hydrogen-bond acceptors (Lipinski definition) is 9. The zero-order valence-corrected chi connectivity index (χ0v) is 18.1. The molecule has 0 atom stereocenters. The number of benzene rings is 2. The molecule has 2 aromatic carbocycles. The summed E-state index contributed by atoms with van der Waals surface area (Å²) in [4.78, 5) is 12.5. The standard InChI is InChI=1S/C22H19N3O6S/c1-3-32(27,28)17-12-8-7-11-16(17)22(26)29-13-18-23-24-21(30-18)19-14(2)31-25-20(19)15-9-5-4-6-10-15/h4-12H,3,13H2,1-2H3. The van der Waals surface area contributed by atoms with E-state index in [-0.39, 0.29) is 34.6 Å². The van der Waals surface area contributed by atoms with Crippen LogP contribution in [-0.4, -0.2) is 35.5 Å². The van der Waals surface area contributed by atoms with E-state index in [1.807, 2.05) is 30.3 Å². The predicted molar refractivity (Wildman–Crippen MR) is 113 cm³/mol. The van der Waals surface area contributed by atoms with Crippen LogP contribution in [-0.2, 0) is 21.2 Å². The molecule has 0 bridgehead atoms. The van der Waals surface area contributed by atoms with Crippen molar-refractivity contribution in [3.05, 3.63) is 71.8 Å². The van der Waals surface area contributed by atoms with Gasteiger partial charge in [0.15, 0.2) is 16.4 Å². The molecule has 0 aliphatic heterocycles. The minimum Gasteiger partial charge on any atom is -0.452 e. The van der Waals surface area contributed by atoms with Crippen LogP contribution in [0.4, 0.5) is 0 Å². The molecule has 32 heavy (non-hydrogen) atoms. The smallest absolute Gasteiger partial charge is 0.339 e. The molecule has 164 valence electrons. The van der Waals surface area contributed by atoms with E-state index in [0.29, 0.717) is 17.0 Å². The summed E-state index contributed by atoms with van der Waals surface area (Å²) in [5.74, 6) is -0.226. The molecular formula is C22H19N3O6S. The average Bonchev–Trinajstić information content (AvgIpc) is 3.44. The quantitative estimate of drug-likeness (QED) is 0.383. The zero-order chi connectivity index (χ0) is 22.7. The Hall–Kier alpha value is -3.79. The topological polar surface area (TPSA) is 125 Å². The summed E-state index contributed by atoms with van der Waals surface area (Å²) in [7, 11) is -3.59. The number of hydrogen-bond donors (Lipinski definition) is 0. The van der Waals surface area contributed by atoms with Crippen LogP contribution < -0.4 is 0 Å². The summed E-state index contributed by atoms with van der Waals surface area (Å²) in [6, 6.07) is 15.3. The number of rotatable bonds is 7. The third-order valence-electron chi connectivity index (χ3n) is 4.74. The molecule has 4 aromatic rings. The maximum absolute atomic E-state index is 12.5. The second kappa shape index (κ2) is 8.75. The van der Waals surface area contributed by atoms with Gasteiger partial charge < -0.3 is 13.7 Å². The van der Waals surface area contributed by atoms with Crippen LogP contribution in [0.2, 0.25) is 0 Å². The SMILES string of the molecule is CCS(=O)(=O)c1ccccc1C(=O)OCc1nnc(-c2c(-c3ccccc3)noc2C)o1. The molecule has 0 saturated heterocycles. The Bertz CT molecular complexity index is 1360. The Morgan fingerprint density at radius 1 is 1.03 bits per heavy atom. The van der Waals surface area contributed by atoms with Crippen LogP contribution in [0.25, 0.3) is 22.7 Å². The minimum absolute atomic E-state index is 0.0452. The Balaban J connectivity index is 1.54. The van der Waals surface area contributed by atoms with Crippen LogP contribution in [0.1, 0.15) is 28.9 Å². The normalized spacial score (nSPS) is 11.4. The average molecular weight is 453 g/mol. The summed E-state index contributed by atoms with van der Waals surface area (Å²) in [6.07, 6.45) is 0. The highest BCUT2D eigenvalue weighted by atomic mass is 32.2. The third-order valence-corrected chi connectivity index (χ3v) is 6.53. The lowest BCUT2D eigenvalue weighted by atomic mass is 10.1. The number of esters is 1. The summed E-state index contributed by atoms with van der Waals surface area (Å²) in [6.45, 7) is 2.91.